The molecule has 0 radical (unpaired) electrons. The summed E-state index contributed by atoms with van der Waals surface area (Å²) in [7, 11) is 0. The van der Waals surface area contributed by atoms with E-state index in [0.717, 1.165) is 22.3 Å². The van der Waals surface area contributed by atoms with Crippen molar-refractivity contribution in [2.45, 2.75) is 46.5 Å². The first-order valence-electron chi connectivity index (χ1n) is 15.2. The number of benzene rings is 3. The largest absolute Gasteiger partial charge is 0.507 e. The highest BCUT2D eigenvalue weighted by Gasteiger charge is 2.62. The van der Waals surface area contributed by atoms with Crippen LogP contribution >= 0.6 is 23.2 Å². The topological polar surface area (TPSA) is 95.0 Å². The number of anilines is 2. The van der Waals surface area contributed by atoms with E-state index in [2.05, 4.69) is 0 Å². The molecule has 2 heterocycles. The Balaban J connectivity index is 1.35. The molecule has 6 atom stereocenters. The second-order valence-corrected chi connectivity index (χ2v) is 13.7. The highest BCUT2D eigenvalue weighted by atomic mass is 35.5. The molecule has 45 heavy (non-hydrogen) atoms. The van der Waals surface area contributed by atoms with Crippen LogP contribution in [0.4, 0.5) is 11.4 Å². The van der Waals surface area contributed by atoms with Gasteiger partial charge in [0.25, 0.3) is 0 Å². The van der Waals surface area contributed by atoms with Crippen LogP contribution in [0.3, 0.4) is 0 Å². The van der Waals surface area contributed by atoms with E-state index < -0.39 is 35.5 Å². The van der Waals surface area contributed by atoms with Crippen molar-refractivity contribution in [2.24, 2.45) is 29.6 Å². The molecule has 0 aromatic heterocycles. The standard InChI is InChI=1S/C36H32Cl2N2O5/c1-16-5-7-21(13-27(16)37)39-33(42)24-10-9-23-25(30(24)35(39)44)15-26-31(29(23)20-11-18(3)32(41)19(4)12-20)36(45)40(34(26)43)22-8-6-17(2)28(38)14-22/h5-9,11-14,24-26,29-31,41H,10,15H2,1-4H3. The Morgan fingerprint density at radius 3 is 1.69 bits per heavy atom. The molecule has 3 fully saturated rings. The van der Waals surface area contributed by atoms with Gasteiger partial charge in [0.15, 0.2) is 0 Å². The number of nitrogens with zero attached hydrogens (tertiary/aromatic N) is 2. The number of carbonyl (C=O) groups excluding carboxylic acids is 4. The molecule has 0 bridgehead atoms. The number of phenols is 1. The van der Waals surface area contributed by atoms with Crippen molar-refractivity contribution >= 4 is 58.2 Å². The van der Waals surface area contributed by atoms with Gasteiger partial charge in [0.05, 0.1) is 35.0 Å². The second-order valence-electron chi connectivity index (χ2n) is 12.9. The summed E-state index contributed by atoms with van der Waals surface area (Å²) in [5.41, 5.74) is 5.53. The van der Waals surface area contributed by atoms with Gasteiger partial charge in [0.2, 0.25) is 23.6 Å². The number of aromatic hydroxyl groups is 1. The summed E-state index contributed by atoms with van der Waals surface area (Å²) in [6.45, 7) is 7.32. The minimum atomic E-state index is -0.709. The number of imide groups is 2. The maximum Gasteiger partial charge on any atom is 0.238 e. The minimum Gasteiger partial charge on any atom is -0.507 e. The van der Waals surface area contributed by atoms with E-state index in [1.807, 2.05) is 32.1 Å². The maximum atomic E-state index is 14.3. The van der Waals surface area contributed by atoms with Crippen molar-refractivity contribution in [1.82, 2.24) is 0 Å². The highest BCUT2D eigenvalue weighted by molar-refractivity contribution is 6.33. The summed E-state index contributed by atoms with van der Waals surface area (Å²) in [6.07, 6.45) is 2.64. The average molecular weight is 644 g/mol. The van der Waals surface area contributed by atoms with Gasteiger partial charge >= 0.3 is 0 Å². The summed E-state index contributed by atoms with van der Waals surface area (Å²) in [5.74, 6) is -4.67. The molecule has 2 aliphatic carbocycles. The van der Waals surface area contributed by atoms with Crippen LogP contribution in [0, 0.1) is 57.3 Å². The number of aryl methyl sites for hydroxylation is 4. The van der Waals surface area contributed by atoms with Crippen molar-refractivity contribution in [3.63, 3.8) is 0 Å². The second kappa shape index (κ2) is 10.6. The van der Waals surface area contributed by atoms with Crippen LogP contribution in [-0.2, 0) is 19.2 Å². The summed E-state index contributed by atoms with van der Waals surface area (Å²) >= 11 is 12.8. The molecule has 4 aliphatic rings. The molecule has 2 saturated heterocycles. The number of phenolic OH excluding ortho intramolecular Hbond substituents is 1. The fourth-order valence-electron chi connectivity index (χ4n) is 8.08. The number of hydrogen-bond acceptors (Lipinski definition) is 5. The van der Waals surface area contributed by atoms with Crippen LogP contribution in [0.1, 0.15) is 46.6 Å². The van der Waals surface area contributed by atoms with Crippen molar-refractivity contribution in [1.29, 1.82) is 0 Å². The summed E-state index contributed by atoms with van der Waals surface area (Å²) in [4.78, 5) is 59.0. The highest BCUT2D eigenvalue weighted by Crippen LogP contribution is 2.59. The summed E-state index contributed by atoms with van der Waals surface area (Å²) < 4.78 is 0. The molecule has 0 spiro atoms. The minimum absolute atomic E-state index is 0.175. The zero-order valence-corrected chi connectivity index (χ0v) is 26.8. The lowest BCUT2D eigenvalue weighted by Crippen LogP contribution is -2.43. The Hall–Kier alpha value is -3.94. The van der Waals surface area contributed by atoms with E-state index in [4.69, 9.17) is 23.2 Å². The number of rotatable bonds is 3. The van der Waals surface area contributed by atoms with Crippen LogP contribution < -0.4 is 9.80 Å². The number of allylic oxidation sites excluding steroid dienone is 2. The van der Waals surface area contributed by atoms with Gasteiger partial charge in [-0.3, -0.25) is 19.2 Å². The number of fused-ring (bicyclic) bond motifs is 4. The van der Waals surface area contributed by atoms with Gasteiger partial charge in [-0.25, -0.2) is 9.80 Å². The van der Waals surface area contributed by atoms with E-state index in [9.17, 15) is 24.3 Å². The molecule has 1 N–H and O–H groups in total. The van der Waals surface area contributed by atoms with Crippen molar-refractivity contribution < 1.29 is 24.3 Å². The van der Waals surface area contributed by atoms with Crippen molar-refractivity contribution in [2.75, 3.05) is 9.80 Å². The fraction of sp³-hybridized carbons (Fsp3) is 0.333. The van der Waals surface area contributed by atoms with Gasteiger partial charge < -0.3 is 5.11 Å². The molecule has 3 aromatic rings. The third-order valence-electron chi connectivity index (χ3n) is 10.3. The van der Waals surface area contributed by atoms with Gasteiger partial charge in [-0.05, 0) is 98.5 Å². The Morgan fingerprint density at radius 2 is 1.16 bits per heavy atom. The lowest BCUT2D eigenvalue weighted by atomic mass is 9.57. The first-order chi connectivity index (χ1) is 21.4. The lowest BCUT2D eigenvalue weighted by Gasteiger charge is -2.44. The molecular formula is C36H32Cl2N2O5. The first-order valence-corrected chi connectivity index (χ1v) is 15.9. The predicted molar refractivity (Wildman–Crippen MR) is 172 cm³/mol. The number of carbonyl (C=O) groups is 4. The van der Waals surface area contributed by atoms with Crippen molar-refractivity contribution in [3.05, 3.63) is 98.0 Å². The zero-order valence-electron chi connectivity index (χ0n) is 25.3. The van der Waals surface area contributed by atoms with E-state index in [-0.39, 0.29) is 35.8 Å². The molecule has 6 unspecified atom stereocenters. The average Bonchev–Trinajstić information content (AvgIpc) is 3.41. The van der Waals surface area contributed by atoms with E-state index >= 15 is 0 Å². The Labute approximate surface area is 271 Å². The van der Waals surface area contributed by atoms with E-state index in [1.54, 1.807) is 50.2 Å². The van der Waals surface area contributed by atoms with Gasteiger partial charge in [0.1, 0.15) is 5.75 Å². The van der Waals surface area contributed by atoms with Gasteiger partial charge in [-0.1, -0.05) is 59.1 Å². The fourth-order valence-corrected chi connectivity index (χ4v) is 8.43. The van der Waals surface area contributed by atoms with Crippen LogP contribution in [0.5, 0.6) is 5.75 Å². The zero-order chi connectivity index (χ0) is 32.1. The summed E-state index contributed by atoms with van der Waals surface area (Å²) in [5, 5.41) is 11.5. The third kappa shape index (κ3) is 4.38. The van der Waals surface area contributed by atoms with Crippen LogP contribution in [0.2, 0.25) is 10.0 Å². The van der Waals surface area contributed by atoms with Gasteiger partial charge in [0, 0.05) is 16.0 Å². The quantitative estimate of drug-likeness (QED) is 0.246. The number of halogens is 2. The molecule has 9 heteroatoms. The van der Waals surface area contributed by atoms with Gasteiger partial charge in [-0.2, -0.15) is 0 Å². The Kier molecular flexibility index (Phi) is 6.99. The molecular weight excluding hydrogens is 611 g/mol. The molecule has 3 aromatic carbocycles. The first kappa shape index (κ1) is 29.8. The molecule has 7 nitrogen and oxygen atoms in total. The molecule has 4 amide bonds. The van der Waals surface area contributed by atoms with Crippen LogP contribution in [-0.4, -0.2) is 28.7 Å². The van der Waals surface area contributed by atoms with E-state index in [1.165, 1.54) is 9.80 Å². The molecule has 1 saturated carbocycles. The van der Waals surface area contributed by atoms with Gasteiger partial charge in [-0.15, -0.1) is 0 Å². The molecule has 230 valence electrons. The SMILES string of the molecule is Cc1ccc(N2C(=O)C3CC=C4C(CC5C(=O)N(c6ccc(C)c(Cl)c6)C(=O)C5C4c4cc(C)c(O)c(C)c4)C3C2=O)cc1Cl. The monoisotopic (exact) mass is 642 g/mol. The lowest BCUT2D eigenvalue weighted by molar-refractivity contribution is -0.126. The van der Waals surface area contributed by atoms with Crippen LogP contribution in [0.25, 0.3) is 0 Å². The summed E-state index contributed by atoms with van der Waals surface area (Å²) in [6, 6.07) is 14.0. The number of hydrogen-bond donors (Lipinski definition) is 1. The van der Waals surface area contributed by atoms with Crippen molar-refractivity contribution in [3.8, 4) is 5.75 Å². The molecule has 2 aliphatic heterocycles. The smallest absolute Gasteiger partial charge is 0.238 e. The number of amides is 4. The Morgan fingerprint density at radius 1 is 0.644 bits per heavy atom. The molecule has 7 rings (SSSR count). The third-order valence-corrected chi connectivity index (χ3v) is 11.2. The normalized spacial score (nSPS) is 27.5. The van der Waals surface area contributed by atoms with E-state index in [0.29, 0.717) is 39.0 Å². The Bertz CT molecular complexity index is 1860. The van der Waals surface area contributed by atoms with Crippen LogP contribution in [0.15, 0.2) is 60.2 Å². The predicted octanol–water partition coefficient (Wildman–Crippen LogP) is 6.98. The maximum absolute atomic E-state index is 14.3.